The lowest BCUT2D eigenvalue weighted by atomic mass is 10.1. The fraction of sp³-hybridized carbons (Fsp3) is 0.250. The Balaban J connectivity index is 0.000000171. The van der Waals surface area contributed by atoms with Gasteiger partial charge in [-0.15, -0.1) is 11.6 Å². The summed E-state index contributed by atoms with van der Waals surface area (Å²) in [6.45, 7) is 5.76. The number of aliphatic hydroxyl groups excluding tert-OH is 1. The van der Waals surface area contributed by atoms with Crippen LogP contribution in [0, 0.1) is 13.8 Å². The molecule has 30 heavy (non-hydrogen) atoms. The molecule has 4 rings (SSSR count). The fourth-order valence-electron chi connectivity index (χ4n) is 2.96. The molecular formula is C24H27ClN4O. The Morgan fingerprint density at radius 1 is 0.700 bits per heavy atom. The highest BCUT2D eigenvalue weighted by atomic mass is 35.5. The third-order valence-electron chi connectivity index (χ3n) is 4.60. The maximum Gasteiger partial charge on any atom is 0.0681 e. The molecule has 2 aromatic carbocycles. The summed E-state index contributed by atoms with van der Waals surface area (Å²) in [7, 11) is 0. The number of aliphatic hydroxyl groups is 1. The first-order valence-corrected chi connectivity index (χ1v) is 10.4. The lowest BCUT2D eigenvalue weighted by Gasteiger charge is -2.02. The minimum atomic E-state index is 0.0984. The number of aromatic nitrogens is 4. The molecule has 5 nitrogen and oxygen atoms in total. The second-order valence-electron chi connectivity index (χ2n) is 7.36. The summed E-state index contributed by atoms with van der Waals surface area (Å²) >= 11 is 5.73. The molecule has 0 saturated carbocycles. The van der Waals surface area contributed by atoms with E-state index in [0.29, 0.717) is 5.88 Å². The van der Waals surface area contributed by atoms with Crippen LogP contribution in [0.1, 0.15) is 33.4 Å². The SMILES string of the molecule is Cc1cnn(Cc2ccc(CCl)cc2)c1.Cc1cnn(Cc2ccc(CO)cc2)c1. The van der Waals surface area contributed by atoms with E-state index in [9.17, 15) is 0 Å². The topological polar surface area (TPSA) is 55.9 Å². The summed E-state index contributed by atoms with van der Waals surface area (Å²) in [4.78, 5) is 0. The Morgan fingerprint density at radius 2 is 1.10 bits per heavy atom. The highest BCUT2D eigenvalue weighted by molar-refractivity contribution is 6.17. The first kappa shape index (κ1) is 21.8. The average molecular weight is 423 g/mol. The van der Waals surface area contributed by atoms with Crippen molar-refractivity contribution in [2.75, 3.05) is 0 Å². The van der Waals surface area contributed by atoms with Gasteiger partial charge in [0.1, 0.15) is 0 Å². The Morgan fingerprint density at radius 3 is 1.43 bits per heavy atom. The Kier molecular flexibility index (Phi) is 7.82. The summed E-state index contributed by atoms with van der Waals surface area (Å²) in [5, 5.41) is 17.4. The van der Waals surface area contributed by atoms with Crippen molar-refractivity contribution >= 4 is 11.6 Å². The van der Waals surface area contributed by atoms with Crippen LogP contribution in [0.2, 0.25) is 0 Å². The van der Waals surface area contributed by atoms with E-state index in [4.69, 9.17) is 16.7 Å². The molecule has 0 unspecified atom stereocenters. The fourth-order valence-corrected chi connectivity index (χ4v) is 3.14. The Bertz CT molecular complexity index is 950. The van der Waals surface area contributed by atoms with Crippen molar-refractivity contribution in [3.8, 4) is 0 Å². The van der Waals surface area contributed by atoms with Gasteiger partial charge >= 0.3 is 0 Å². The van der Waals surface area contributed by atoms with Crippen LogP contribution < -0.4 is 0 Å². The van der Waals surface area contributed by atoms with Gasteiger partial charge in [-0.1, -0.05) is 48.5 Å². The van der Waals surface area contributed by atoms with Crippen LogP contribution in [0.3, 0.4) is 0 Å². The van der Waals surface area contributed by atoms with E-state index in [2.05, 4.69) is 34.5 Å². The van der Waals surface area contributed by atoms with E-state index in [-0.39, 0.29) is 6.61 Å². The molecule has 1 N–H and O–H groups in total. The van der Waals surface area contributed by atoms with Crippen molar-refractivity contribution in [1.82, 2.24) is 19.6 Å². The largest absolute Gasteiger partial charge is 0.392 e. The lowest BCUT2D eigenvalue weighted by Crippen LogP contribution is -1.99. The van der Waals surface area contributed by atoms with E-state index in [1.165, 1.54) is 22.3 Å². The zero-order valence-corrected chi connectivity index (χ0v) is 18.1. The van der Waals surface area contributed by atoms with Crippen LogP contribution in [0.5, 0.6) is 0 Å². The number of alkyl halides is 1. The van der Waals surface area contributed by atoms with Gasteiger partial charge in [0.05, 0.1) is 32.1 Å². The number of halogens is 1. The van der Waals surface area contributed by atoms with Gasteiger partial charge in [-0.3, -0.25) is 9.36 Å². The molecule has 4 aromatic rings. The highest BCUT2D eigenvalue weighted by Gasteiger charge is 1.98. The molecule has 0 fully saturated rings. The Hall–Kier alpha value is -2.89. The van der Waals surface area contributed by atoms with Gasteiger partial charge in [0.15, 0.2) is 0 Å². The van der Waals surface area contributed by atoms with Crippen LogP contribution in [0.4, 0.5) is 0 Å². The van der Waals surface area contributed by atoms with Crippen molar-refractivity contribution in [2.45, 2.75) is 39.4 Å². The van der Waals surface area contributed by atoms with E-state index in [1.54, 1.807) is 0 Å². The normalized spacial score (nSPS) is 10.5. The quantitative estimate of drug-likeness (QED) is 0.458. The van der Waals surface area contributed by atoms with Crippen molar-refractivity contribution in [2.24, 2.45) is 0 Å². The minimum absolute atomic E-state index is 0.0984. The molecule has 0 spiro atoms. The maximum absolute atomic E-state index is 8.90. The van der Waals surface area contributed by atoms with Crippen LogP contribution in [0.25, 0.3) is 0 Å². The summed E-state index contributed by atoms with van der Waals surface area (Å²) in [6, 6.07) is 16.2. The van der Waals surface area contributed by atoms with Gasteiger partial charge in [-0.25, -0.2) is 0 Å². The molecule has 0 aliphatic heterocycles. The van der Waals surface area contributed by atoms with Gasteiger partial charge in [-0.05, 0) is 47.2 Å². The number of hydrogen-bond donors (Lipinski definition) is 1. The molecule has 2 heterocycles. The van der Waals surface area contributed by atoms with E-state index >= 15 is 0 Å². The smallest absolute Gasteiger partial charge is 0.0681 e. The van der Waals surface area contributed by atoms with E-state index < -0.39 is 0 Å². The zero-order valence-electron chi connectivity index (χ0n) is 17.4. The van der Waals surface area contributed by atoms with Crippen molar-refractivity contribution in [3.63, 3.8) is 0 Å². The third-order valence-corrected chi connectivity index (χ3v) is 4.91. The first-order chi connectivity index (χ1) is 14.6. The number of aryl methyl sites for hydroxylation is 2. The molecule has 0 radical (unpaired) electrons. The molecule has 0 saturated heterocycles. The molecule has 0 aliphatic rings. The van der Waals surface area contributed by atoms with Gasteiger partial charge in [0, 0.05) is 18.3 Å². The number of nitrogens with zero attached hydrogens (tertiary/aromatic N) is 4. The average Bonchev–Trinajstić information content (AvgIpc) is 3.37. The van der Waals surface area contributed by atoms with Crippen LogP contribution >= 0.6 is 11.6 Å². The zero-order chi connectivity index (χ0) is 21.3. The van der Waals surface area contributed by atoms with Crippen molar-refractivity contribution in [3.05, 3.63) is 107 Å². The van der Waals surface area contributed by atoms with Crippen LogP contribution in [0.15, 0.2) is 73.3 Å². The van der Waals surface area contributed by atoms with Gasteiger partial charge < -0.3 is 5.11 Å². The van der Waals surface area contributed by atoms with Crippen LogP contribution in [-0.4, -0.2) is 24.7 Å². The minimum Gasteiger partial charge on any atom is -0.392 e. The predicted molar refractivity (Wildman–Crippen MR) is 120 cm³/mol. The standard InChI is InChI=1S/C12H13ClN2.C12H14N2O/c1-10-7-14-15(8-10)9-12-4-2-11(6-13)3-5-12;1-10-6-13-14(7-10)8-11-2-4-12(9-15)5-3-11/h2-5,7-8H,6,9H2,1H3;2-7,15H,8-9H2,1H3. The summed E-state index contributed by atoms with van der Waals surface area (Å²) in [5.74, 6) is 0.571. The predicted octanol–water partition coefficient (Wildman–Crippen LogP) is 4.71. The van der Waals surface area contributed by atoms with Crippen molar-refractivity contribution in [1.29, 1.82) is 0 Å². The molecule has 6 heteroatoms. The van der Waals surface area contributed by atoms with Crippen LogP contribution in [-0.2, 0) is 25.6 Å². The first-order valence-electron chi connectivity index (χ1n) is 9.86. The number of benzene rings is 2. The summed E-state index contributed by atoms with van der Waals surface area (Å²) in [5.41, 5.74) is 6.88. The molecule has 0 amide bonds. The summed E-state index contributed by atoms with van der Waals surface area (Å²) in [6.07, 6.45) is 7.77. The third kappa shape index (κ3) is 6.58. The van der Waals surface area contributed by atoms with Gasteiger partial charge in [-0.2, -0.15) is 10.2 Å². The molecule has 0 aliphatic carbocycles. The number of rotatable bonds is 6. The molecule has 0 atom stereocenters. The number of hydrogen-bond acceptors (Lipinski definition) is 3. The molecule has 2 aromatic heterocycles. The highest BCUT2D eigenvalue weighted by Crippen LogP contribution is 2.09. The monoisotopic (exact) mass is 422 g/mol. The Labute approximate surface area is 182 Å². The maximum atomic E-state index is 8.90. The van der Waals surface area contributed by atoms with Gasteiger partial charge in [0.25, 0.3) is 0 Å². The second-order valence-corrected chi connectivity index (χ2v) is 7.62. The van der Waals surface area contributed by atoms with E-state index in [1.807, 2.05) is 72.3 Å². The summed E-state index contributed by atoms with van der Waals surface area (Å²) < 4.78 is 3.84. The molecular weight excluding hydrogens is 396 g/mol. The lowest BCUT2D eigenvalue weighted by molar-refractivity contribution is 0.282. The molecule has 0 bridgehead atoms. The second kappa shape index (κ2) is 10.8. The van der Waals surface area contributed by atoms with Gasteiger partial charge in [0.2, 0.25) is 0 Å². The molecule has 156 valence electrons. The van der Waals surface area contributed by atoms with Crippen molar-refractivity contribution < 1.29 is 5.11 Å². The van der Waals surface area contributed by atoms with E-state index in [0.717, 1.165) is 24.2 Å².